The summed E-state index contributed by atoms with van der Waals surface area (Å²) in [4.78, 5) is 12.0. The highest BCUT2D eigenvalue weighted by Crippen LogP contribution is 2.17. The van der Waals surface area contributed by atoms with Crippen molar-refractivity contribution in [2.45, 2.75) is 33.0 Å². The molecule has 2 N–H and O–H groups in total. The van der Waals surface area contributed by atoms with Gasteiger partial charge in [0, 0.05) is 6.54 Å². The Kier molecular flexibility index (Phi) is 4.98. The van der Waals surface area contributed by atoms with Crippen LogP contribution in [0.5, 0.6) is 0 Å². The fourth-order valence-corrected chi connectivity index (χ4v) is 2.10. The van der Waals surface area contributed by atoms with Crippen LogP contribution in [0.25, 0.3) is 0 Å². The van der Waals surface area contributed by atoms with Crippen molar-refractivity contribution >= 4 is 17.3 Å². The number of halogens is 1. The van der Waals surface area contributed by atoms with Crippen molar-refractivity contribution in [2.75, 3.05) is 5.32 Å². The molecule has 0 unspecified atom stereocenters. The van der Waals surface area contributed by atoms with Crippen molar-refractivity contribution < 1.29 is 5.11 Å². The maximum Gasteiger partial charge on any atom is 0.287 e. The highest BCUT2D eigenvalue weighted by Gasteiger charge is 2.10. The molecule has 0 fully saturated rings. The number of aliphatic hydroxyl groups is 1. The Morgan fingerprint density at radius 3 is 2.48 bits per heavy atom. The molecule has 5 nitrogen and oxygen atoms in total. The van der Waals surface area contributed by atoms with E-state index in [0.717, 1.165) is 11.1 Å². The minimum Gasteiger partial charge on any atom is -0.392 e. The van der Waals surface area contributed by atoms with Crippen LogP contribution in [0.2, 0.25) is 5.02 Å². The monoisotopic (exact) mass is 307 g/mol. The van der Waals surface area contributed by atoms with Crippen LogP contribution in [0.3, 0.4) is 0 Å². The van der Waals surface area contributed by atoms with Gasteiger partial charge in [-0.1, -0.05) is 35.9 Å². The Labute approximate surface area is 128 Å². The van der Waals surface area contributed by atoms with Gasteiger partial charge in [0.05, 0.1) is 24.5 Å². The third kappa shape index (κ3) is 3.62. The van der Waals surface area contributed by atoms with E-state index in [4.69, 9.17) is 16.7 Å². The van der Waals surface area contributed by atoms with E-state index in [9.17, 15) is 4.79 Å². The molecular formula is C15H18ClN3O2. The van der Waals surface area contributed by atoms with Crippen LogP contribution >= 0.6 is 11.6 Å². The molecule has 0 amide bonds. The first-order chi connectivity index (χ1) is 10.0. The predicted molar refractivity (Wildman–Crippen MR) is 83.6 cm³/mol. The summed E-state index contributed by atoms with van der Waals surface area (Å²) in [5, 5.41) is 16.3. The van der Waals surface area contributed by atoms with Crippen LogP contribution in [-0.4, -0.2) is 14.9 Å². The zero-order valence-corrected chi connectivity index (χ0v) is 12.8. The summed E-state index contributed by atoms with van der Waals surface area (Å²) in [6.45, 7) is 4.30. The Bertz CT molecular complexity index is 666. The molecule has 1 heterocycles. The summed E-state index contributed by atoms with van der Waals surface area (Å²) < 4.78 is 1.35. The minimum absolute atomic E-state index is 0.0247. The molecule has 0 spiro atoms. The van der Waals surface area contributed by atoms with Crippen LogP contribution in [0.4, 0.5) is 5.69 Å². The number of rotatable bonds is 5. The number of nitrogens with zero attached hydrogens (tertiary/aromatic N) is 2. The van der Waals surface area contributed by atoms with Gasteiger partial charge in [-0.2, -0.15) is 5.10 Å². The molecule has 112 valence electrons. The van der Waals surface area contributed by atoms with Crippen molar-refractivity contribution in [2.24, 2.45) is 0 Å². The average molecular weight is 308 g/mol. The molecule has 0 aliphatic heterocycles. The van der Waals surface area contributed by atoms with Gasteiger partial charge >= 0.3 is 0 Å². The van der Waals surface area contributed by atoms with Crippen molar-refractivity contribution in [3.8, 4) is 0 Å². The van der Waals surface area contributed by atoms with Crippen molar-refractivity contribution in [3.05, 3.63) is 57.0 Å². The average Bonchev–Trinajstić information content (AvgIpc) is 2.49. The molecule has 0 saturated carbocycles. The summed E-state index contributed by atoms with van der Waals surface area (Å²) >= 11 is 6.09. The van der Waals surface area contributed by atoms with Crippen LogP contribution < -0.4 is 10.9 Å². The molecule has 0 bridgehead atoms. The van der Waals surface area contributed by atoms with Gasteiger partial charge in [0.15, 0.2) is 0 Å². The van der Waals surface area contributed by atoms with Gasteiger partial charge in [-0.05, 0) is 25.0 Å². The molecule has 21 heavy (non-hydrogen) atoms. The second-order valence-electron chi connectivity index (χ2n) is 5.04. The van der Waals surface area contributed by atoms with Gasteiger partial charge < -0.3 is 10.4 Å². The van der Waals surface area contributed by atoms with E-state index in [-0.39, 0.29) is 23.2 Å². The Morgan fingerprint density at radius 2 is 1.90 bits per heavy atom. The first kappa shape index (κ1) is 15.5. The van der Waals surface area contributed by atoms with Gasteiger partial charge in [0.1, 0.15) is 5.02 Å². The Balaban J connectivity index is 2.13. The number of hydrogen-bond acceptors (Lipinski definition) is 4. The number of aliphatic hydroxyl groups excluding tert-OH is 1. The summed E-state index contributed by atoms with van der Waals surface area (Å²) in [6, 6.07) is 7.50. The Hall–Kier alpha value is -1.85. The van der Waals surface area contributed by atoms with Crippen molar-refractivity contribution in [1.82, 2.24) is 9.78 Å². The summed E-state index contributed by atoms with van der Waals surface area (Å²) in [6.07, 6.45) is 1.56. The molecule has 1 aromatic carbocycles. The van der Waals surface area contributed by atoms with Crippen molar-refractivity contribution in [1.29, 1.82) is 0 Å². The van der Waals surface area contributed by atoms with Crippen LogP contribution in [0, 0.1) is 0 Å². The topological polar surface area (TPSA) is 67.2 Å². The fourth-order valence-electron chi connectivity index (χ4n) is 1.90. The number of aromatic nitrogens is 2. The first-order valence-corrected chi connectivity index (χ1v) is 7.10. The highest BCUT2D eigenvalue weighted by atomic mass is 35.5. The first-order valence-electron chi connectivity index (χ1n) is 6.72. The number of benzene rings is 1. The molecule has 2 rings (SSSR count). The highest BCUT2D eigenvalue weighted by molar-refractivity contribution is 6.32. The summed E-state index contributed by atoms with van der Waals surface area (Å²) in [7, 11) is 0. The number of hydrogen-bond donors (Lipinski definition) is 2. The second-order valence-corrected chi connectivity index (χ2v) is 5.42. The van der Waals surface area contributed by atoms with Crippen LogP contribution in [0.1, 0.15) is 31.0 Å². The van der Waals surface area contributed by atoms with E-state index in [1.54, 1.807) is 6.20 Å². The molecular weight excluding hydrogens is 290 g/mol. The molecule has 6 heteroatoms. The maximum atomic E-state index is 12.0. The predicted octanol–water partition coefficient (Wildman–Crippen LogP) is 2.58. The second kappa shape index (κ2) is 6.74. The zero-order chi connectivity index (χ0) is 15.4. The van der Waals surface area contributed by atoms with Crippen molar-refractivity contribution in [3.63, 3.8) is 0 Å². The van der Waals surface area contributed by atoms with Crippen LogP contribution in [0.15, 0.2) is 35.3 Å². The fraction of sp³-hybridized carbons (Fsp3) is 0.333. The normalized spacial score (nSPS) is 10.9. The molecule has 0 saturated heterocycles. The lowest BCUT2D eigenvalue weighted by Gasteiger charge is -2.12. The third-order valence-electron chi connectivity index (χ3n) is 3.12. The zero-order valence-electron chi connectivity index (χ0n) is 12.0. The van der Waals surface area contributed by atoms with Crippen LogP contribution in [-0.2, 0) is 13.2 Å². The quantitative estimate of drug-likeness (QED) is 0.891. The summed E-state index contributed by atoms with van der Waals surface area (Å²) in [5.74, 6) is 0. The summed E-state index contributed by atoms with van der Waals surface area (Å²) in [5.41, 5.74) is 2.10. The van der Waals surface area contributed by atoms with Gasteiger partial charge in [-0.25, -0.2) is 4.68 Å². The van der Waals surface area contributed by atoms with Gasteiger partial charge in [0.2, 0.25) is 0 Å². The van der Waals surface area contributed by atoms with E-state index < -0.39 is 0 Å². The molecule has 2 aromatic rings. The lowest BCUT2D eigenvalue weighted by atomic mass is 10.1. The van der Waals surface area contributed by atoms with E-state index >= 15 is 0 Å². The van der Waals surface area contributed by atoms with E-state index in [1.807, 2.05) is 38.1 Å². The number of nitrogens with one attached hydrogen (secondary N) is 1. The lowest BCUT2D eigenvalue weighted by molar-refractivity contribution is 0.282. The number of anilines is 1. The van der Waals surface area contributed by atoms with E-state index in [1.165, 1.54) is 4.68 Å². The third-order valence-corrected chi connectivity index (χ3v) is 3.49. The Morgan fingerprint density at radius 1 is 1.29 bits per heavy atom. The molecule has 0 atom stereocenters. The minimum atomic E-state index is -0.299. The SMILES string of the molecule is CC(C)n1ncc(NCc2ccc(CO)cc2)c(Cl)c1=O. The molecule has 0 aliphatic rings. The largest absolute Gasteiger partial charge is 0.392 e. The smallest absolute Gasteiger partial charge is 0.287 e. The standard InChI is InChI=1S/C15H18ClN3O2/c1-10(2)19-15(21)14(16)13(8-18-19)17-7-11-3-5-12(9-20)6-4-11/h3-6,8,10,17,20H,7,9H2,1-2H3. The molecule has 1 aromatic heterocycles. The molecule has 0 radical (unpaired) electrons. The van der Waals surface area contributed by atoms with Gasteiger partial charge in [-0.3, -0.25) is 4.79 Å². The van der Waals surface area contributed by atoms with E-state index in [0.29, 0.717) is 12.2 Å². The van der Waals surface area contributed by atoms with Gasteiger partial charge in [0.25, 0.3) is 5.56 Å². The lowest BCUT2D eigenvalue weighted by Crippen LogP contribution is -2.25. The molecule has 0 aliphatic carbocycles. The van der Waals surface area contributed by atoms with Gasteiger partial charge in [-0.15, -0.1) is 0 Å². The van der Waals surface area contributed by atoms with E-state index in [2.05, 4.69) is 10.4 Å². The maximum absolute atomic E-state index is 12.0.